The van der Waals surface area contributed by atoms with Gasteiger partial charge in [-0.1, -0.05) is 23.7 Å². The largest absolute Gasteiger partial charge is 0.332 e. The Bertz CT molecular complexity index is 838. The summed E-state index contributed by atoms with van der Waals surface area (Å²) in [6, 6.07) is 13.8. The zero-order chi connectivity index (χ0) is 18.0. The van der Waals surface area contributed by atoms with Crippen molar-refractivity contribution in [2.75, 3.05) is 24.2 Å². The van der Waals surface area contributed by atoms with Gasteiger partial charge >= 0.3 is 0 Å². The molecule has 0 saturated carbocycles. The number of amides is 3. The third kappa shape index (κ3) is 3.70. The van der Waals surface area contributed by atoms with E-state index in [2.05, 4.69) is 0 Å². The average molecular weight is 375 g/mol. The van der Waals surface area contributed by atoms with Gasteiger partial charge in [-0.3, -0.25) is 14.4 Å². The lowest BCUT2D eigenvalue weighted by Crippen LogP contribution is -2.42. The fourth-order valence-corrected chi connectivity index (χ4v) is 3.42. The number of fused-ring (bicyclic) bond motifs is 1. The standard InChI is InChI=1S/C18H15ClN2O3S/c1-20-10-16(22)21(15-5-3-2-4-14(15)18(20)24)17(23)11-25-13-8-6-12(19)7-9-13/h2-9H,10-11H2,1H3. The van der Waals surface area contributed by atoms with Gasteiger partial charge in [0, 0.05) is 17.0 Å². The lowest BCUT2D eigenvalue weighted by atomic mass is 10.1. The molecule has 2 aromatic rings. The second kappa shape index (κ2) is 7.29. The molecule has 0 aromatic heterocycles. The number of benzene rings is 2. The zero-order valence-electron chi connectivity index (χ0n) is 13.4. The third-order valence-corrected chi connectivity index (χ3v) is 5.02. The first-order chi connectivity index (χ1) is 12.0. The van der Waals surface area contributed by atoms with Crippen molar-refractivity contribution < 1.29 is 14.4 Å². The van der Waals surface area contributed by atoms with Gasteiger partial charge in [0.2, 0.25) is 5.91 Å². The summed E-state index contributed by atoms with van der Waals surface area (Å²) in [5.41, 5.74) is 0.684. The van der Waals surface area contributed by atoms with Gasteiger partial charge in [0.05, 0.1) is 17.0 Å². The average Bonchev–Trinajstić information content (AvgIpc) is 2.69. The number of thioether (sulfide) groups is 1. The molecule has 3 amide bonds. The van der Waals surface area contributed by atoms with Gasteiger partial charge in [-0.15, -0.1) is 11.8 Å². The molecular weight excluding hydrogens is 360 g/mol. The Morgan fingerprint density at radius 2 is 1.80 bits per heavy atom. The fraction of sp³-hybridized carbons (Fsp3) is 0.167. The van der Waals surface area contributed by atoms with Crippen LogP contribution in [0.2, 0.25) is 5.02 Å². The second-order valence-corrected chi connectivity index (χ2v) is 7.03. The molecule has 0 radical (unpaired) electrons. The first-order valence-corrected chi connectivity index (χ1v) is 8.92. The number of para-hydroxylation sites is 1. The fourth-order valence-electron chi connectivity index (χ4n) is 2.55. The van der Waals surface area contributed by atoms with Crippen molar-refractivity contribution in [3.05, 3.63) is 59.1 Å². The second-order valence-electron chi connectivity index (χ2n) is 5.54. The van der Waals surface area contributed by atoms with Crippen LogP contribution >= 0.6 is 23.4 Å². The summed E-state index contributed by atoms with van der Waals surface area (Å²) in [4.78, 5) is 40.9. The normalized spacial score (nSPS) is 14.3. The Morgan fingerprint density at radius 1 is 1.12 bits per heavy atom. The van der Waals surface area contributed by atoms with E-state index in [-0.39, 0.29) is 24.1 Å². The maximum Gasteiger partial charge on any atom is 0.256 e. The van der Waals surface area contributed by atoms with Crippen molar-refractivity contribution in [3.63, 3.8) is 0 Å². The Labute approximate surface area is 154 Å². The molecule has 0 spiro atoms. The van der Waals surface area contributed by atoms with Gasteiger partial charge in [-0.25, -0.2) is 4.90 Å². The van der Waals surface area contributed by atoms with Crippen LogP contribution in [-0.2, 0) is 9.59 Å². The van der Waals surface area contributed by atoms with E-state index >= 15 is 0 Å². The van der Waals surface area contributed by atoms with Gasteiger partial charge in [-0.2, -0.15) is 0 Å². The van der Waals surface area contributed by atoms with E-state index in [0.717, 1.165) is 9.80 Å². The highest BCUT2D eigenvalue weighted by molar-refractivity contribution is 8.00. The van der Waals surface area contributed by atoms with E-state index in [1.54, 1.807) is 43.4 Å². The summed E-state index contributed by atoms with van der Waals surface area (Å²) in [6.07, 6.45) is 0. The van der Waals surface area contributed by atoms with E-state index in [9.17, 15) is 14.4 Å². The predicted octanol–water partition coefficient (Wildman–Crippen LogP) is 3.08. The molecule has 1 aliphatic rings. The Balaban J connectivity index is 1.85. The highest BCUT2D eigenvalue weighted by Crippen LogP contribution is 2.27. The summed E-state index contributed by atoms with van der Waals surface area (Å²) < 4.78 is 0. The highest BCUT2D eigenvalue weighted by atomic mass is 35.5. The number of likely N-dealkylation sites (N-methyl/N-ethyl adjacent to an activating group) is 1. The molecule has 0 fully saturated rings. The highest BCUT2D eigenvalue weighted by Gasteiger charge is 2.33. The van der Waals surface area contributed by atoms with Crippen molar-refractivity contribution in [2.24, 2.45) is 0 Å². The molecule has 3 rings (SSSR count). The number of nitrogens with zero attached hydrogens (tertiary/aromatic N) is 2. The lowest BCUT2D eigenvalue weighted by molar-refractivity contribution is -0.125. The SMILES string of the molecule is CN1CC(=O)N(C(=O)CSc2ccc(Cl)cc2)c2ccccc2C1=O. The van der Waals surface area contributed by atoms with Crippen molar-refractivity contribution in [1.29, 1.82) is 0 Å². The van der Waals surface area contributed by atoms with E-state index in [0.29, 0.717) is 16.3 Å². The van der Waals surface area contributed by atoms with Crippen molar-refractivity contribution >= 4 is 46.8 Å². The van der Waals surface area contributed by atoms with Gasteiger partial charge < -0.3 is 4.90 Å². The number of anilines is 1. The van der Waals surface area contributed by atoms with Crippen LogP contribution in [0, 0.1) is 0 Å². The first-order valence-electron chi connectivity index (χ1n) is 7.56. The van der Waals surface area contributed by atoms with Crippen molar-refractivity contribution in [1.82, 2.24) is 4.90 Å². The number of carbonyl (C=O) groups excluding carboxylic acids is 3. The monoisotopic (exact) mass is 374 g/mol. The summed E-state index contributed by atoms with van der Waals surface area (Å²) in [7, 11) is 1.55. The zero-order valence-corrected chi connectivity index (χ0v) is 15.0. The van der Waals surface area contributed by atoms with E-state index < -0.39 is 5.91 Å². The Hall–Kier alpha value is -2.31. The van der Waals surface area contributed by atoms with Crippen LogP contribution in [0.25, 0.3) is 0 Å². The van der Waals surface area contributed by atoms with E-state index in [1.165, 1.54) is 16.7 Å². The van der Waals surface area contributed by atoms with Crippen LogP contribution in [-0.4, -0.2) is 42.0 Å². The third-order valence-electron chi connectivity index (χ3n) is 3.77. The molecule has 128 valence electrons. The molecule has 1 aliphatic heterocycles. The summed E-state index contributed by atoms with van der Waals surface area (Å²) in [6.45, 7) is -0.134. The maximum absolute atomic E-state index is 12.7. The van der Waals surface area contributed by atoms with E-state index in [1.807, 2.05) is 12.1 Å². The minimum atomic E-state index is -0.414. The van der Waals surface area contributed by atoms with Crippen molar-refractivity contribution in [3.8, 4) is 0 Å². The molecule has 0 N–H and O–H groups in total. The molecule has 7 heteroatoms. The maximum atomic E-state index is 12.7. The minimum Gasteiger partial charge on any atom is -0.332 e. The molecule has 2 aromatic carbocycles. The van der Waals surface area contributed by atoms with Gasteiger partial charge in [0.15, 0.2) is 0 Å². The smallest absolute Gasteiger partial charge is 0.256 e. The van der Waals surface area contributed by atoms with Crippen molar-refractivity contribution in [2.45, 2.75) is 4.90 Å². The van der Waals surface area contributed by atoms with Crippen LogP contribution in [0.15, 0.2) is 53.4 Å². The summed E-state index contributed by atoms with van der Waals surface area (Å²) in [5, 5.41) is 0.619. The number of hydrogen-bond donors (Lipinski definition) is 0. The molecule has 0 unspecified atom stereocenters. The predicted molar refractivity (Wildman–Crippen MR) is 98.1 cm³/mol. The number of hydrogen-bond acceptors (Lipinski definition) is 4. The quantitative estimate of drug-likeness (QED) is 0.775. The molecule has 25 heavy (non-hydrogen) atoms. The van der Waals surface area contributed by atoms with Crippen LogP contribution in [0.5, 0.6) is 0 Å². The van der Waals surface area contributed by atoms with Crippen LogP contribution in [0.1, 0.15) is 10.4 Å². The molecule has 0 saturated heterocycles. The molecule has 0 aliphatic carbocycles. The molecule has 0 atom stereocenters. The number of carbonyl (C=O) groups is 3. The number of halogens is 1. The van der Waals surface area contributed by atoms with Crippen LogP contribution in [0.3, 0.4) is 0 Å². The topological polar surface area (TPSA) is 57.7 Å². The van der Waals surface area contributed by atoms with Gasteiger partial charge in [0.1, 0.15) is 6.54 Å². The van der Waals surface area contributed by atoms with Gasteiger partial charge in [-0.05, 0) is 36.4 Å². The summed E-state index contributed by atoms with van der Waals surface area (Å²) in [5.74, 6) is -0.966. The summed E-state index contributed by atoms with van der Waals surface area (Å²) >= 11 is 7.17. The Morgan fingerprint density at radius 3 is 2.52 bits per heavy atom. The van der Waals surface area contributed by atoms with E-state index in [4.69, 9.17) is 11.6 Å². The molecule has 0 bridgehead atoms. The molecule has 5 nitrogen and oxygen atoms in total. The Kier molecular flexibility index (Phi) is 5.11. The number of imide groups is 1. The first kappa shape index (κ1) is 17.5. The van der Waals surface area contributed by atoms with Gasteiger partial charge in [0.25, 0.3) is 11.8 Å². The lowest BCUT2D eigenvalue weighted by Gasteiger charge is -2.20. The molecule has 1 heterocycles. The molecular formula is C18H15ClN2O3S. The number of rotatable bonds is 3. The van der Waals surface area contributed by atoms with Crippen LogP contribution < -0.4 is 4.90 Å². The minimum absolute atomic E-state index is 0.0829. The van der Waals surface area contributed by atoms with Crippen LogP contribution in [0.4, 0.5) is 5.69 Å².